The van der Waals surface area contributed by atoms with E-state index in [0.29, 0.717) is 31.9 Å². The fraction of sp³-hybridized carbons (Fsp3) is 0.500. The van der Waals surface area contributed by atoms with E-state index < -0.39 is 11.4 Å². The minimum atomic E-state index is -0.714. The number of nitrogens with one attached hydrogen (secondary N) is 1. The van der Waals surface area contributed by atoms with Crippen LogP contribution in [0.2, 0.25) is 0 Å². The van der Waals surface area contributed by atoms with Gasteiger partial charge in [-0.25, -0.2) is 4.98 Å². The van der Waals surface area contributed by atoms with Crippen LogP contribution >= 0.6 is 0 Å². The number of aromatic amines is 1. The van der Waals surface area contributed by atoms with Crippen LogP contribution in [-0.2, 0) is 4.79 Å². The summed E-state index contributed by atoms with van der Waals surface area (Å²) in [5, 5.41) is 10.3. The number of hydrogen-bond donors (Lipinski definition) is 2. The molecule has 0 unspecified atom stereocenters. The molecule has 0 atom stereocenters. The Balaban J connectivity index is 1.81. The molecular weight excluding hydrogens is 256 g/mol. The molecule has 6 heteroatoms. The predicted molar refractivity (Wildman–Crippen MR) is 75.8 cm³/mol. The Bertz CT molecular complexity index is 656. The molecule has 0 bridgehead atoms. The number of aryl methyl sites for hydroxylation is 1. The van der Waals surface area contributed by atoms with Crippen molar-refractivity contribution in [3.05, 3.63) is 18.0 Å². The van der Waals surface area contributed by atoms with E-state index in [2.05, 4.69) is 19.9 Å². The lowest BCUT2D eigenvalue weighted by atomic mass is 9.80. The maximum Gasteiger partial charge on any atom is 0.309 e. The predicted octanol–water partition coefficient (Wildman–Crippen LogP) is 1.96. The van der Waals surface area contributed by atoms with Crippen molar-refractivity contribution in [2.24, 2.45) is 5.41 Å². The van der Waals surface area contributed by atoms with E-state index in [0.717, 1.165) is 16.6 Å². The van der Waals surface area contributed by atoms with Crippen LogP contribution in [0.3, 0.4) is 0 Å². The lowest BCUT2D eigenvalue weighted by molar-refractivity contribution is -0.149. The molecule has 1 aliphatic heterocycles. The van der Waals surface area contributed by atoms with E-state index in [-0.39, 0.29) is 0 Å². The number of hydrogen-bond acceptors (Lipinski definition) is 4. The Morgan fingerprint density at radius 1 is 1.45 bits per heavy atom. The SMILES string of the molecule is Cc1c[nH]c2nc(N3CCC(C)(C(=O)O)CC3)ncc12. The summed E-state index contributed by atoms with van der Waals surface area (Å²) in [6.45, 7) is 5.17. The molecule has 3 heterocycles. The lowest BCUT2D eigenvalue weighted by Gasteiger charge is -2.36. The van der Waals surface area contributed by atoms with Crippen LogP contribution in [0, 0.1) is 12.3 Å². The van der Waals surface area contributed by atoms with Crippen molar-refractivity contribution in [3.63, 3.8) is 0 Å². The highest BCUT2D eigenvalue weighted by Crippen LogP contribution is 2.32. The number of carboxylic acids is 1. The summed E-state index contributed by atoms with van der Waals surface area (Å²) in [5.41, 5.74) is 1.34. The molecule has 3 rings (SSSR count). The van der Waals surface area contributed by atoms with Gasteiger partial charge in [0.1, 0.15) is 5.65 Å². The Morgan fingerprint density at radius 3 is 2.80 bits per heavy atom. The maximum atomic E-state index is 11.2. The Kier molecular flexibility index (Phi) is 2.88. The summed E-state index contributed by atoms with van der Waals surface area (Å²) in [6, 6.07) is 0. The molecule has 0 radical (unpaired) electrons. The number of anilines is 1. The number of aliphatic carboxylic acids is 1. The van der Waals surface area contributed by atoms with E-state index in [9.17, 15) is 9.90 Å². The van der Waals surface area contributed by atoms with Crippen molar-refractivity contribution in [3.8, 4) is 0 Å². The average molecular weight is 274 g/mol. The summed E-state index contributed by atoms with van der Waals surface area (Å²) in [5.74, 6) is -0.0414. The Hall–Kier alpha value is -2.11. The number of aromatic nitrogens is 3. The second-order valence-corrected chi connectivity index (χ2v) is 5.76. The van der Waals surface area contributed by atoms with E-state index in [1.807, 2.05) is 26.2 Å². The normalized spacial score (nSPS) is 18.4. The van der Waals surface area contributed by atoms with Gasteiger partial charge in [-0.2, -0.15) is 4.98 Å². The summed E-state index contributed by atoms with van der Waals surface area (Å²) >= 11 is 0. The molecule has 20 heavy (non-hydrogen) atoms. The second kappa shape index (κ2) is 4.47. The molecule has 1 fully saturated rings. The molecule has 0 amide bonds. The van der Waals surface area contributed by atoms with Gasteiger partial charge in [-0.3, -0.25) is 4.79 Å². The molecule has 6 nitrogen and oxygen atoms in total. The van der Waals surface area contributed by atoms with Crippen molar-refractivity contribution in [2.75, 3.05) is 18.0 Å². The van der Waals surface area contributed by atoms with Gasteiger partial charge in [0.25, 0.3) is 0 Å². The van der Waals surface area contributed by atoms with Gasteiger partial charge in [0, 0.05) is 30.9 Å². The van der Waals surface area contributed by atoms with Gasteiger partial charge < -0.3 is 15.0 Å². The third-order valence-corrected chi connectivity index (χ3v) is 4.29. The van der Waals surface area contributed by atoms with Crippen LogP contribution in [0.25, 0.3) is 11.0 Å². The molecule has 0 saturated carbocycles. The summed E-state index contributed by atoms with van der Waals surface area (Å²) < 4.78 is 0. The largest absolute Gasteiger partial charge is 0.481 e. The first kappa shape index (κ1) is 12.9. The minimum absolute atomic E-state index is 0.619. The number of nitrogens with zero attached hydrogens (tertiary/aromatic N) is 3. The number of piperidine rings is 1. The van der Waals surface area contributed by atoms with E-state index in [1.165, 1.54) is 0 Å². The molecule has 0 aromatic carbocycles. The Morgan fingerprint density at radius 2 is 2.15 bits per heavy atom. The number of rotatable bonds is 2. The van der Waals surface area contributed by atoms with Gasteiger partial charge in [-0.05, 0) is 32.3 Å². The molecule has 0 aliphatic carbocycles. The Labute approximate surface area is 116 Å². The van der Waals surface area contributed by atoms with Crippen molar-refractivity contribution in [1.82, 2.24) is 15.0 Å². The topological polar surface area (TPSA) is 82.1 Å². The standard InChI is InChI=1S/C14H18N4O2/c1-9-7-15-11-10(9)8-16-13(17-11)18-5-3-14(2,4-6-18)12(19)20/h7-8H,3-6H2,1-2H3,(H,19,20)(H,15,16,17). The van der Waals surface area contributed by atoms with Crippen LogP contribution in [0.5, 0.6) is 0 Å². The van der Waals surface area contributed by atoms with Crippen molar-refractivity contribution in [2.45, 2.75) is 26.7 Å². The molecule has 1 aliphatic rings. The zero-order valence-corrected chi connectivity index (χ0v) is 11.7. The summed E-state index contributed by atoms with van der Waals surface area (Å²) in [7, 11) is 0. The van der Waals surface area contributed by atoms with Gasteiger partial charge >= 0.3 is 5.97 Å². The summed E-state index contributed by atoms with van der Waals surface area (Å²) in [4.78, 5) is 25.4. The van der Waals surface area contributed by atoms with Crippen LogP contribution < -0.4 is 4.90 Å². The van der Waals surface area contributed by atoms with Gasteiger partial charge in [-0.15, -0.1) is 0 Å². The molecule has 0 spiro atoms. The molecule has 2 aromatic heterocycles. The second-order valence-electron chi connectivity index (χ2n) is 5.76. The fourth-order valence-electron chi connectivity index (χ4n) is 2.59. The number of carboxylic acid groups (broad SMARTS) is 1. The fourth-order valence-corrected chi connectivity index (χ4v) is 2.59. The molecular formula is C14H18N4O2. The average Bonchev–Trinajstić information content (AvgIpc) is 2.81. The van der Waals surface area contributed by atoms with E-state index >= 15 is 0 Å². The quantitative estimate of drug-likeness (QED) is 0.874. The molecule has 2 aromatic rings. The zero-order valence-electron chi connectivity index (χ0n) is 11.7. The van der Waals surface area contributed by atoms with Crippen molar-refractivity contribution >= 4 is 23.0 Å². The summed E-state index contributed by atoms with van der Waals surface area (Å²) in [6.07, 6.45) is 4.98. The van der Waals surface area contributed by atoms with Crippen molar-refractivity contribution in [1.29, 1.82) is 0 Å². The first-order valence-corrected chi connectivity index (χ1v) is 6.79. The van der Waals surface area contributed by atoms with Gasteiger partial charge in [-0.1, -0.05) is 0 Å². The van der Waals surface area contributed by atoms with Crippen LogP contribution in [0.1, 0.15) is 25.3 Å². The molecule has 2 N–H and O–H groups in total. The number of fused-ring (bicyclic) bond motifs is 1. The maximum absolute atomic E-state index is 11.2. The minimum Gasteiger partial charge on any atom is -0.481 e. The number of H-pyrrole nitrogens is 1. The lowest BCUT2D eigenvalue weighted by Crippen LogP contribution is -2.43. The third-order valence-electron chi connectivity index (χ3n) is 4.29. The molecule has 1 saturated heterocycles. The highest BCUT2D eigenvalue weighted by molar-refractivity contribution is 5.79. The number of carbonyl (C=O) groups is 1. The smallest absolute Gasteiger partial charge is 0.309 e. The van der Waals surface area contributed by atoms with Gasteiger partial charge in [0.2, 0.25) is 5.95 Å². The first-order chi connectivity index (χ1) is 9.49. The van der Waals surface area contributed by atoms with Crippen LogP contribution in [0.4, 0.5) is 5.95 Å². The molecule has 106 valence electrons. The van der Waals surface area contributed by atoms with E-state index in [4.69, 9.17) is 0 Å². The van der Waals surface area contributed by atoms with Crippen molar-refractivity contribution < 1.29 is 9.90 Å². The van der Waals surface area contributed by atoms with Crippen LogP contribution in [-0.4, -0.2) is 39.1 Å². The third kappa shape index (κ3) is 2.01. The first-order valence-electron chi connectivity index (χ1n) is 6.79. The van der Waals surface area contributed by atoms with E-state index in [1.54, 1.807) is 0 Å². The van der Waals surface area contributed by atoms with Gasteiger partial charge in [0.15, 0.2) is 0 Å². The highest BCUT2D eigenvalue weighted by Gasteiger charge is 2.37. The van der Waals surface area contributed by atoms with Crippen LogP contribution in [0.15, 0.2) is 12.4 Å². The zero-order chi connectivity index (χ0) is 14.3. The van der Waals surface area contributed by atoms with Gasteiger partial charge in [0.05, 0.1) is 5.41 Å². The monoisotopic (exact) mass is 274 g/mol. The highest BCUT2D eigenvalue weighted by atomic mass is 16.4.